The predicted molar refractivity (Wildman–Crippen MR) is 50.0 cm³/mol. The summed E-state index contributed by atoms with van der Waals surface area (Å²) in [5, 5.41) is 9.44. The molecule has 1 fully saturated rings. The van der Waals surface area contributed by atoms with Crippen molar-refractivity contribution in [3.05, 3.63) is 42.8 Å². The van der Waals surface area contributed by atoms with E-state index in [9.17, 15) is 5.11 Å². The smallest absolute Gasteiger partial charge is 1.00 e. The maximum absolute atomic E-state index is 9.44. The molecule has 0 unspecified atom stereocenters. The van der Waals surface area contributed by atoms with Crippen LogP contribution in [0.4, 0.5) is 0 Å². The van der Waals surface area contributed by atoms with Crippen LogP contribution in [-0.2, 0) is 32.4 Å². The van der Waals surface area contributed by atoms with Crippen molar-refractivity contribution in [1.82, 2.24) is 0 Å². The molecule has 0 aromatic heterocycles. The largest absolute Gasteiger partial charge is 1.00 e. The van der Waals surface area contributed by atoms with Crippen molar-refractivity contribution in [2.24, 2.45) is 5.92 Å². The third-order valence-corrected chi connectivity index (χ3v) is 2.46. The first-order valence-electron chi connectivity index (χ1n) is 4.47. The van der Waals surface area contributed by atoms with Gasteiger partial charge in [0, 0.05) is 5.92 Å². The fourth-order valence-corrected chi connectivity index (χ4v) is 1.64. The Labute approximate surface area is 121 Å². The summed E-state index contributed by atoms with van der Waals surface area (Å²) < 4.78 is 5.45. The molecule has 1 N–H and O–H groups in total. The predicted octanol–water partition coefficient (Wildman–Crippen LogP) is -1.43. The SMILES string of the molecule is [Br-].[CH2][C@@H]1[C@H](O)CO[C@H]1c1ccccc1.[Hg+]. The molecule has 2 rings (SSSR count). The number of ether oxygens (including phenoxy) is 1. The van der Waals surface area contributed by atoms with E-state index in [-0.39, 0.29) is 56.7 Å². The molecule has 4 heteroatoms. The van der Waals surface area contributed by atoms with E-state index >= 15 is 0 Å². The van der Waals surface area contributed by atoms with E-state index in [0.29, 0.717) is 6.61 Å². The van der Waals surface area contributed by atoms with Gasteiger partial charge in [-0.15, -0.1) is 0 Å². The Balaban J connectivity index is 0.000000980. The summed E-state index contributed by atoms with van der Waals surface area (Å²) in [6.45, 7) is 4.30. The van der Waals surface area contributed by atoms with Crippen molar-refractivity contribution in [2.45, 2.75) is 12.2 Å². The normalized spacial score (nSPS) is 29.1. The Hall–Kier alpha value is 0.555. The summed E-state index contributed by atoms with van der Waals surface area (Å²) in [5.74, 6) is -0.0533. The van der Waals surface area contributed by atoms with Crippen LogP contribution in [0.2, 0.25) is 0 Å². The van der Waals surface area contributed by atoms with Gasteiger partial charge in [0.05, 0.1) is 18.8 Å². The van der Waals surface area contributed by atoms with Gasteiger partial charge in [0.15, 0.2) is 0 Å². The van der Waals surface area contributed by atoms with Gasteiger partial charge < -0.3 is 26.8 Å². The molecule has 78 valence electrons. The Morgan fingerprint density at radius 3 is 2.33 bits per heavy atom. The molecular formula is C11H13BrHgO2. The van der Waals surface area contributed by atoms with Crippen LogP contribution in [0.5, 0.6) is 0 Å². The fourth-order valence-electron chi connectivity index (χ4n) is 1.64. The number of hydrogen-bond donors (Lipinski definition) is 1. The van der Waals surface area contributed by atoms with E-state index in [0.717, 1.165) is 5.56 Å². The van der Waals surface area contributed by atoms with Gasteiger partial charge in [0.2, 0.25) is 0 Å². The minimum Gasteiger partial charge on any atom is -1.00 e. The zero-order valence-corrected chi connectivity index (χ0v) is 15.6. The Kier molecular flexibility index (Phi) is 7.25. The van der Waals surface area contributed by atoms with Crippen molar-refractivity contribution >= 4 is 0 Å². The molecule has 1 aromatic rings. The molecule has 0 spiro atoms. The third-order valence-electron chi connectivity index (χ3n) is 2.46. The third kappa shape index (κ3) is 3.51. The van der Waals surface area contributed by atoms with Crippen molar-refractivity contribution < 1.29 is 54.5 Å². The van der Waals surface area contributed by atoms with E-state index < -0.39 is 6.10 Å². The topological polar surface area (TPSA) is 29.5 Å². The first kappa shape index (κ1) is 15.6. The van der Waals surface area contributed by atoms with Crippen LogP contribution in [0.1, 0.15) is 11.7 Å². The van der Waals surface area contributed by atoms with Crippen LogP contribution in [0, 0.1) is 12.8 Å². The van der Waals surface area contributed by atoms with Crippen LogP contribution < -0.4 is 17.0 Å². The fraction of sp³-hybridized carbons (Fsp3) is 0.364. The number of hydrogen-bond acceptors (Lipinski definition) is 2. The van der Waals surface area contributed by atoms with Gasteiger partial charge in [-0.3, -0.25) is 0 Å². The van der Waals surface area contributed by atoms with Crippen LogP contribution in [0.15, 0.2) is 30.3 Å². The van der Waals surface area contributed by atoms with E-state index in [1.54, 1.807) is 0 Å². The minimum absolute atomic E-state index is 0. The van der Waals surface area contributed by atoms with E-state index in [1.807, 2.05) is 30.3 Å². The van der Waals surface area contributed by atoms with E-state index in [2.05, 4.69) is 6.92 Å². The summed E-state index contributed by atoms with van der Waals surface area (Å²) in [4.78, 5) is 0. The first-order valence-corrected chi connectivity index (χ1v) is 4.47. The monoisotopic (exact) mass is 458 g/mol. The van der Waals surface area contributed by atoms with Gasteiger partial charge >= 0.3 is 27.7 Å². The molecule has 2 radical (unpaired) electrons. The molecule has 3 atom stereocenters. The number of halogens is 1. The summed E-state index contributed by atoms with van der Waals surface area (Å²) in [6.07, 6.45) is -0.471. The van der Waals surface area contributed by atoms with E-state index in [4.69, 9.17) is 4.74 Å². The van der Waals surface area contributed by atoms with Crippen LogP contribution in [-0.4, -0.2) is 17.8 Å². The molecule has 0 amide bonds. The first-order chi connectivity index (χ1) is 6.29. The molecule has 1 aromatic carbocycles. The Morgan fingerprint density at radius 2 is 1.87 bits per heavy atom. The summed E-state index contributed by atoms with van der Waals surface area (Å²) in [5.41, 5.74) is 1.10. The second kappa shape index (κ2) is 6.99. The molecule has 15 heavy (non-hydrogen) atoms. The van der Waals surface area contributed by atoms with Gasteiger partial charge in [0.25, 0.3) is 0 Å². The number of rotatable bonds is 1. The van der Waals surface area contributed by atoms with Crippen molar-refractivity contribution in [3.8, 4) is 0 Å². The molecular weight excluding hydrogens is 445 g/mol. The molecule has 0 bridgehead atoms. The van der Waals surface area contributed by atoms with Crippen LogP contribution >= 0.6 is 0 Å². The van der Waals surface area contributed by atoms with Crippen LogP contribution in [0.25, 0.3) is 0 Å². The van der Waals surface area contributed by atoms with Crippen molar-refractivity contribution in [2.75, 3.05) is 6.61 Å². The van der Waals surface area contributed by atoms with Gasteiger partial charge in [-0.2, -0.15) is 0 Å². The number of benzene rings is 1. The van der Waals surface area contributed by atoms with Gasteiger partial charge in [-0.05, 0) is 12.5 Å². The quantitative estimate of drug-likeness (QED) is 0.524. The van der Waals surface area contributed by atoms with Crippen molar-refractivity contribution in [1.29, 1.82) is 0 Å². The molecule has 2 nitrogen and oxygen atoms in total. The van der Waals surface area contributed by atoms with Gasteiger partial charge in [0.1, 0.15) is 0 Å². The number of aliphatic hydroxyl groups excluding tert-OH is 1. The summed E-state index contributed by atoms with van der Waals surface area (Å²) >= 11 is 0. The Morgan fingerprint density at radius 1 is 1.27 bits per heavy atom. The minimum atomic E-state index is -0.426. The second-order valence-corrected chi connectivity index (χ2v) is 3.40. The zero-order valence-electron chi connectivity index (χ0n) is 8.47. The van der Waals surface area contributed by atoms with Crippen LogP contribution in [0.3, 0.4) is 0 Å². The molecule has 0 saturated carbocycles. The molecule has 1 saturated heterocycles. The standard InChI is InChI=1S/C11H13O2.BrH.Hg/c1-8-10(12)7-13-11(8)9-5-3-2-4-6-9;;/h2-6,8,10-12H,1,7H2;1H;/q;;+1/p-1/t8-,10-,11-;;/m1../s1. The second-order valence-electron chi connectivity index (χ2n) is 3.40. The maximum atomic E-state index is 9.44. The van der Waals surface area contributed by atoms with Gasteiger partial charge in [-0.25, -0.2) is 0 Å². The van der Waals surface area contributed by atoms with Gasteiger partial charge in [-0.1, -0.05) is 30.3 Å². The summed E-state index contributed by atoms with van der Waals surface area (Å²) in [7, 11) is 0. The summed E-state index contributed by atoms with van der Waals surface area (Å²) in [6, 6.07) is 9.90. The van der Waals surface area contributed by atoms with E-state index in [1.165, 1.54) is 0 Å². The number of aliphatic hydroxyl groups is 1. The van der Waals surface area contributed by atoms with Crippen molar-refractivity contribution in [3.63, 3.8) is 0 Å². The maximum Gasteiger partial charge on any atom is 1.00 e. The zero-order chi connectivity index (χ0) is 9.26. The Bertz CT molecular complexity index is 281. The molecule has 1 aliphatic heterocycles. The average Bonchev–Trinajstić information content (AvgIpc) is 2.49. The average molecular weight is 458 g/mol. The molecule has 1 heterocycles. The molecule has 0 aliphatic carbocycles. The molecule has 1 aliphatic rings.